The van der Waals surface area contributed by atoms with E-state index in [0.717, 1.165) is 71.5 Å². The zero-order valence-corrected chi connectivity index (χ0v) is 22.5. The van der Waals surface area contributed by atoms with E-state index in [0.29, 0.717) is 23.2 Å². The van der Waals surface area contributed by atoms with Crippen molar-refractivity contribution in [2.75, 3.05) is 17.2 Å². The highest BCUT2D eigenvalue weighted by Crippen LogP contribution is 2.33. The minimum atomic E-state index is -4.37. The summed E-state index contributed by atoms with van der Waals surface area (Å²) in [6.45, 7) is 2.50. The molecule has 2 aromatic carbocycles. The molecule has 204 valence electrons. The molecular weight excluding hydrogens is 521 g/mol. The second-order valence-electron chi connectivity index (χ2n) is 9.88. The molecule has 0 aliphatic heterocycles. The van der Waals surface area contributed by atoms with Crippen LogP contribution in [0.25, 0.3) is 17.0 Å². The minimum absolute atomic E-state index is 0.268. The Morgan fingerprint density at radius 1 is 1.03 bits per heavy atom. The summed E-state index contributed by atoms with van der Waals surface area (Å²) >= 11 is 1.14. The molecule has 39 heavy (non-hydrogen) atoms. The Morgan fingerprint density at radius 2 is 1.77 bits per heavy atom. The van der Waals surface area contributed by atoms with Crippen LogP contribution in [0, 0.1) is 0 Å². The molecular formula is C29H31F3N6S. The first-order valence-corrected chi connectivity index (χ1v) is 13.9. The van der Waals surface area contributed by atoms with Gasteiger partial charge < -0.3 is 16.4 Å². The largest absolute Gasteiger partial charge is 0.416 e. The summed E-state index contributed by atoms with van der Waals surface area (Å²) in [6, 6.07) is 12.8. The van der Waals surface area contributed by atoms with E-state index in [2.05, 4.69) is 32.1 Å². The lowest BCUT2D eigenvalue weighted by Crippen LogP contribution is -2.30. The molecule has 0 bridgehead atoms. The molecule has 1 atom stereocenters. The van der Waals surface area contributed by atoms with Crippen LogP contribution < -0.4 is 16.4 Å². The van der Waals surface area contributed by atoms with E-state index in [-0.39, 0.29) is 6.04 Å². The molecule has 4 aromatic rings. The summed E-state index contributed by atoms with van der Waals surface area (Å²) in [5.41, 5.74) is 11.9. The van der Waals surface area contributed by atoms with E-state index in [1.54, 1.807) is 0 Å². The van der Waals surface area contributed by atoms with Gasteiger partial charge in [0.1, 0.15) is 0 Å². The number of nitrogens with one attached hydrogen (secondary N) is 2. The summed E-state index contributed by atoms with van der Waals surface area (Å²) in [4.78, 5) is 9.44. The molecule has 1 aliphatic rings. The molecule has 0 spiro atoms. The Kier molecular flexibility index (Phi) is 8.13. The number of pyridine rings is 1. The van der Waals surface area contributed by atoms with E-state index in [4.69, 9.17) is 10.7 Å². The number of anilines is 3. The molecule has 1 aliphatic carbocycles. The third kappa shape index (κ3) is 6.57. The fourth-order valence-electron chi connectivity index (χ4n) is 4.82. The molecule has 0 saturated carbocycles. The number of rotatable bonds is 7. The molecule has 0 amide bonds. The number of benzene rings is 2. The van der Waals surface area contributed by atoms with Crippen LogP contribution in [0.5, 0.6) is 0 Å². The molecule has 10 heteroatoms. The topological polar surface area (TPSA) is 88.8 Å². The van der Waals surface area contributed by atoms with Crippen LogP contribution in [-0.2, 0) is 19.0 Å². The van der Waals surface area contributed by atoms with Gasteiger partial charge in [0.25, 0.3) is 0 Å². The second kappa shape index (κ2) is 11.7. The summed E-state index contributed by atoms with van der Waals surface area (Å²) in [5.74, 6) is 0.502. The number of hydrogen-bond acceptors (Lipinski definition) is 7. The van der Waals surface area contributed by atoms with Crippen molar-refractivity contribution in [2.24, 2.45) is 5.73 Å². The van der Waals surface area contributed by atoms with Gasteiger partial charge in [0.2, 0.25) is 5.13 Å². The minimum Gasteiger partial charge on any atom is -0.382 e. The molecule has 0 radical (unpaired) electrons. The van der Waals surface area contributed by atoms with Crippen molar-refractivity contribution < 1.29 is 13.2 Å². The lowest BCUT2D eigenvalue weighted by atomic mass is 9.94. The fraction of sp³-hybridized carbons (Fsp3) is 0.345. The van der Waals surface area contributed by atoms with Crippen LogP contribution >= 0.6 is 11.5 Å². The fourth-order valence-corrected chi connectivity index (χ4v) is 5.39. The maximum absolute atomic E-state index is 12.8. The Balaban J connectivity index is 1.27. The highest BCUT2D eigenvalue weighted by molar-refractivity contribution is 7.09. The van der Waals surface area contributed by atoms with Crippen molar-refractivity contribution in [1.29, 1.82) is 0 Å². The van der Waals surface area contributed by atoms with Gasteiger partial charge in [0.05, 0.1) is 11.1 Å². The van der Waals surface area contributed by atoms with Crippen LogP contribution in [0.15, 0.2) is 54.1 Å². The number of nitrogens with zero attached hydrogens (tertiary/aromatic N) is 3. The van der Waals surface area contributed by atoms with E-state index in [1.807, 2.05) is 25.1 Å². The predicted molar refractivity (Wildman–Crippen MR) is 152 cm³/mol. The van der Waals surface area contributed by atoms with Gasteiger partial charge in [0.15, 0.2) is 5.82 Å². The zero-order chi connectivity index (χ0) is 27.4. The number of hydrogen-bond donors (Lipinski definition) is 3. The standard InChI is InChI=1S/C29H31F3N6S/c1-18(16-26-37-28(39-38-26)35-20-14-12-19(13-15-20)29(30,31)32)23(33)17-34-27-21-8-4-2-3-5-10-24(21)36-25-11-7-6-9-22(25)27/h6-7,9,11-16,23H,2-5,8,10,17,33H2,1H3,(H,34,36)(H,35,37,38). The third-order valence-corrected chi connectivity index (χ3v) is 7.66. The van der Waals surface area contributed by atoms with Crippen LogP contribution in [0.1, 0.15) is 55.3 Å². The number of nitrogens with two attached hydrogens (primary N) is 1. The number of aryl methyl sites for hydroxylation is 1. The molecule has 2 heterocycles. The SMILES string of the molecule is CC(=Cc1nsc(Nc2ccc(C(F)(F)F)cc2)n1)C(N)CNc1c2c(nc3ccccc13)CCCCCC2. The Bertz CT molecular complexity index is 1460. The molecule has 6 nitrogen and oxygen atoms in total. The zero-order valence-electron chi connectivity index (χ0n) is 21.7. The highest BCUT2D eigenvalue weighted by atomic mass is 32.1. The van der Waals surface area contributed by atoms with E-state index >= 15 is 0 Å². The molecule has 4 N–H and O–H groups in total. The first-order chi connectivity index (χ1) is 18.8. The van der Waals surface area contributed by atoms with Crippen molar-refractivity contribution in [2.45, 2.75) is 57.7 Å². The van der Waals surface area contributed by atoms with Gasteiger partial charge in [0, 0.05) is 46.6 Å². The quantitative estimate of drug-likeness (QED) is 0.222. The normalized spacial score (nSPS) is 15.4. The molecule has 2 aromatic heterocycles. The number of fused-ring (bicyclic) bond motifs is 2. The lowest BCUT2D eigenvalue weighted by Gasteiger charge is -2.22. The average molecular weight is 553 g/mol. The van der Waals surface area contributed by atoms with Crippen LogP contribution in [0.3, 0.4) is 0 Å². The number of alkyl halides is 3. The molecule has 0 fully saturated rings. The average Bonchev–Trinajstić information content (AvgIpc) is 3.33. The molecule has 1 unspecified atom stereocenters. The lowest BCUT2D eigenvalue weighted by molar-refractivity contribution is -0.137. The maximum atomic E-state index is 12.8. The summed E-state index contributed by atoms with van der Waals surface area (Å²) in [5, 5.41) is 8.26. The first-order valence-electron chi connectivity index (χ1n) is 13.1. The molecule has 0 saturated heterocycles. The maximum Gasteiger partial charge on any atom is 0.416 e. The number of para-hydroxylation sites is 1. The Morgan fingerprint density at radius 3 is 2.54 bits per heavy atom. The smallest absolute Gasteiger partial charge is 0.382 e. The Labute approximate surface area is 229 Å². The summed E-state index contributed by atoms with van der Waals surface area (Å²) in [7, 11) is 0. The van der Waals surface area contributed by atoms with Crippen molar-refractivity contribution in [1.82, 2.24) is 14.3 Å². The number of aromatic nitrogens is 3. The van der Waals surface area contributed by atoms with Crippen LogP contribution in [0.4, 0.5) is 29.7 Å². The van der Waals surface area contributed by atoms with Crippen LogP contribution in [-0.4, -0.2) is 26.9 Å². The van der Waals surface area contributed by atoms with Gasteiger partial charge in [-0.1, -0.05) is 36.6 Å². The third-order valence-electron chi connectivity index (χ3n) is 7.01. The van der Waals surface area contributed by atoms with Gasteiger partial charge >= 0.3 is 6.18 Å². The second-order valence-corrected chi connectivity index (χ2v) is 10.6. The van der Waals surface area contributed by atoms with E-state index in [9.17, 15) is 13.2 Å². The number of halogens is 3. The van der Waals surface area contributed by atoms with Crippen LogP contribution in [0.2, 0.25) is 0 Å². The molecule has 5 rings (SSSR count). The monoisotopic (exact) mass is 552 g/mol. The van der Waals surface area contributed by atoms with Crippen molar-refractivity contribution in [3.8, 4) is 0 Å². The Hall–Kier alpha value is -3.50. The summed E-state index contributed by atoms with van der Waals surface area (Å²) in [6.07, 6.45) is 4.29. The van der Waals surface area contributed by atoms with E-state index in [1.165, 1.54) is 36.2 Å². The van der Waals surface area contributed by atoms with Gasteiger partial charge in [-0.3, -0.25) is 4.98 Å². The van der Waals surface area contributed by atoms with Gasteiger partial charge in [-0.15, -0.1) is 0 Å². The van der Waals surface area contributed by atoms with Gasteiger partial charge in [-0.05, 0) is 74.6 Å². The van der Waals surface area contributed by atoms with Crippen molar-refractivity contribution in [3.63, 3.8) is 0 Å². The van der Waals surface area contributed by atoms with Gasteiger partial charge in [-0.2, -0.15) is 22.5 Å². The van der Waals surface area contributed by atoms with Crippen molar-refractivity contribution >= 4 is 45.0 Å². The van der Waals surface area contributed by atoms with Gasteiger partial charge in [-0.25, -0.2) is 0 Å². The van der Waals surface area contributed by atoms with E-state index < -0.39 is 11.7 Å². The first kappa shape index (κ1) is 27.1. The summed E-state index contributed by atoms with van der Waals surface area (Å²) < 4.78 is 42.7. The predicted octanol–water partition coefficient (Wildman–Crippen LogP) is 7.35. The highest BCUT2D eigenvalue weighted by Gasteiger charge is 2.30. The van der Waals surface area contributed by atoms with Crippen molar-refractivity contribution in [3.05, 3.63) is 76.7 Å².